The Morgan fingerprint density at radius 3 is 2.75 bits per heavy atom. The van der Waals surface area contributed by atoms with Crippen LogP contribution in [-0.2, 0) is 16.0 Å². The Balaban J connectivity index is 2.96. The summed E-state index contributed by atoms with van der Waals surface area (Å²) in [5, 5.41) is 10.6. The maximum atomic E-state index is 11.3. The van der Waals surface area contributed by atoms with Crippen LogP contribution in [0.15, 0.2) is 18.2 Å². The van der Waals surface area contributed by atoms with Crippen molar-refractivity contribution < 1.29 is 14.6 Å². The molecule has 3 nitrogen and oxygen atoms in total. The summed E-state index contributed by atoms with van der Waals surface area (Å²) < 4.78 is 4.54. The fourth-order valence-electron chi connectivity index (χ4n) is 1.51. The maximum Gasteiger partial charge on any atom is 0.337 e. The fourth-order valence-corrected chi connectivity index (χ4v) is 1.70. The molecular weight excluding hydrogens is 228 g/mol. The normalized spacial score (nSPS) is 14.3. The zero-order valence-electron chi connectivity index (χ0n) is 9.58. The van der Waals surface area contributed by atoms with E-state index < -0.39 is 11.6 Å². The van der Waals surface area contributed by atoms with E-state index in [1.54, 1.807) is 12.1 Å². The number of halogens is 1. The number of ether oxygens (including phenoxy) is 1. The Hall–Kier alpha value is -1.06. The highest BCUT2D eigenvalue weighted by Gasteiger charge is 2.32. The molecule has 1 aromatic carbocycles. The number of benzene rings is 1. The molecule has 88 valence electrons. The van der Waals surface area contributed by atoms with Crippen LogP contribution < -0.4 is 0 Å². The predicted octanol–water partition coefficient (Wildman–Crippen LogP) is 2.11. The van der Waals surface area contributed by atoms with Crippen LogP contribution >= 0.6 is 11.6 Å². The number of hydrogen-bond acceptors (Lipinski definition) is 3. The minimum Gasteiger partial charge on any atom is -0.467 e. The van der Waals surface area contributed by atoms with Crippen molar-refractivity contribution >= 4 is 17.6 Å². The first kappa shape index (κ1) is 13.0. The standard InChI is InChI=1S/C12H15ClO3/c1-8-9(5-4-6-10(8)13)7-12(2,15)11(14)16-3/h4-6,15H,7H2,1-3H3. The number of methoxy groups -OCH3 is 1. The van der Waals surface area contributed by atoms with E-state index in [0.29, 0.717) is 5.02 Å². The summed E-state index contributed by atoms with van der Waals surface area (Å²) in [4.78, 5) is 11.3. The van der Waals surface area contributed by atoms with Gasteiger partial charge in [-0.25, -0.2) is 4.79 Å². The lowest BCUT2D eigenvalue weighted by atomic mass is 9.94. The first-order chi connectivity index (χ1) is 7.38. The zero-order chi connectivity index (χ0) is 12.3. The molecule has 0 saturated heterocycles. The second kappa shape index (κ2) is 4.85. The SMILES string of the molecule is COC(=O)C(C)(O)Cc1cccc(Cl)c1C. The van der Waals surface area contributed by atoms with Crippen LogP contribution in [0.25, 0.3) is 0 Å². The van der Waals surface area contributed by atoms with Gasteiger partial charge < -0.3 is 9.84 Å². The number of hydrogen-bond donors (Lipinski definition) is 1. The largest absolute Gasteiger partial charge is 0.467 e. The quantitative estimate of drug-likeness (QED) is 0.826. The molecule has 0 aliphatic carbocycles. The first-order valence-corrected chi connectivity index (χ1v) is 5.31. The topological polar surface area (TPSA) is 46.5 Å². The molecule has 1 unspecified atom stereocenters. The van der Waals surface area contributed by atoms with Gasteiger partial charge in [0.2, 0.25) is 0 Å². The van der Waals surface area contributed by atoms with Crippen molar-refractivity contribution in [3.63, 3.8) is 0 Å². The van der Waals surface area contributed by atoms with E-state index in [4.69, 9.17) is 11.6 Å². The molecule has 0 aliphatic rings. The Labute approximate surface area is 100.0 Å². The average molecular weight is 243 g/mol. The molecule has 0 heterocycles. The molecule has 1 N–H and O–H groups in total. The van der Waals surface area contributed by atoms with Gasteiger partial charge in [0.15, 0.2) is 5.60 Å². The zero-order valence-corrected chi connectivity index (χ0v) is 10.3. The van der Waals surface area contributed by atoms with E-state index >= 15 is 0 Å². The molecule has 1 aromatic rings. The first-order valence-electron chi connectivity index (χ1n) is 4.93. The van der Waals surface area contributed by atoms with Crippen molar-refractivity contribution in [1.29, 1.82) is 0 Å². The van der Waals surface area contributed by atoms with Crippen molar-refractivity contribution in [1.82, 2.24) is 0 Å². The van der Waals surface area contributed by atoms with Crippen molar-refractivity contribution in [2.24, 2.45) is 0 Å². The lowest BCUT2D eigenvalue weighted by Gasteiger charge is -2.21. The van der Waals surface area contributed by atoms with Crippen LogP contribution in [0.2, 0.25) is 5.02 Å². The van der Waals surface area contributed by atoms with Gasteiger partial charge in [-0.3, -0.25) is 0 Å². The van der Waals surface area contributed by atoms with Gasteiger partial charge >= 0.3 is 5.97 Å². The van der Waals surface area contributed by atoms with E-state index in [9.17, 15) is 9.90 Å². The van der Waals surface area contributed by atoms with Gasteiger partial charge in [-0.15, -0.1) is 0 Å². The van der Waals surface area contributed by atoms with E-state index in [1.807, 2.05) is 13.0 Å². The Morgan fingerprint density at radius 1 is 1.56 bits per heavy atom. The third-order valence-corrected chi connectivity index (χ3v) is 2.95. The van der Waals surface area contributed by atoms with Gasteiger partial charge in [0, 0.05) is 11.4 Å². The number of esters is 1. The number of carbonyl (C=O) groups excluding carboxylic acids is 1. The molecular formula is C12H15ClO3. The number of rotatable bonds is 3. The predicted molar refractivity (Wildman–Crippen MR) is 62.5 cm³/mol. The molecule has 0 fully saturated rings. The van der Waals surface area contributed by atoms with Crippen LogP contribution in [0.1, 0.15) is 18.1 Å². The number of carbonyl (C=O) groups is 1. The molecule has 0 aromatic heterocycles. The molecule has 4 heteroatoms. The number of aliphatic hydroxyl groups is 1. The molecule has 1 atom stereocenters. The Kier molecular flexibility index (Phi) is 3.94. The van der Waals surface area contributed by atoms with Crippen LogP contribution in [-0.4, -0.2) is 23.8 Å². The van der Waals surface area contributed by atoms with E-state index in [-0.39, 0.29) is 6.42 Å². The van der Waals surface area contributed by atoms with Crippen LogP contribution in [0.3, 0.4) is 0 Å². The maximum absolute atomic E-state index is 11.3. The van der Waals surface area contributed by atoms with Gasteiger partial charge in [0.05, 0.1) is 7.11 Å². The summed E-state index contributed by atoms with van der Waals surface area (Å²) >= 11 is 5.96. The summed E-state index contributed by atoms with van der Waals surface area (Å²) in [6.45, 7) is 3.28. The summed E-state index contributed by atoms with van der Waals surface area (Å²) in [7, 11) is 1.25. The van der Waals surface area contributed by atoms with Gasteiger partial charge in [-0.05, 0) is 31.0 Å². The molecule has 0 radical (unpaired) electrons. The summed E-state index contributed by atoms with van der Waals surface area (Å²) in [6, 6.07) is 5.39. The Morgan fingerprint density at radius 2 is 2.19 bits per heavy atom. The highest BCUT2D eigenvalue weighted by Crippen LogP contribution is 2.23. The van der Waals surface area contributed by atoms with Crippen molar-refractivity contribution in [3.05, 3.63) is 34.3 Å². The average Bonchev–Trinajstić information content (AvgIpc) is 2.23. The third kappa shape index (κ3) is 2.74. The lowest BCUT2D eigenvalue weighted by molar-refractivity contribution is -0.160. The molecule has 0 amide bonds. The van der Waals surface area contributed by atoms with E-state index in [1.165, 1.54) is 14.0 Å². The summed E-state index contributed by atoms with van der Waals surface area (Å²) in [6.07, 6.45) is 0.187. The molecule has 0 bridgehead atoms. The smallest absolute Gasteiger partial charge is 0.337 e. The minimum absolute atomic E-state index is 0.187. The van der Waals surface area contributed by atoms with Crippen molar-refractivity contribution in [2.75, 3.05) is 7.11 Å². The molecule has 1 rings (SSSR count). The second-order valence-electron chi connectivity index (χ2n) is 3.97. The van der Waals surface area contributed by atoms with Crippen LogP contribution in [0, 0.1) is 6.92 Å². The van der Waals surface area contributed by atoms with Gasteiger partial charge in [-0.1, -0.05) is 23.7 Å². The Bertz CT molecular complexity index is 399. The minimum atomic E-state index is -1.52. The van der Waals surface area contributed by atoms with Crippen LogP contribution in [0.4, 0.5) is 0 Å². The highest BCUT2D eigenvalue weighted by atomic mass is 35.5. The van der Waals surface area contributed by atoms with Crippen LogP contribution in [0.5, 0.6) is 0 Å². The molecule has 0 aliphatic heterocycles. The van der Waals surface area contributed by atoms with Gasteiger partial charge in [0.25, 0.3) is 0 Å². The molecule has 16 heavy (non-hydrogen) atoms. The van der Waals surface area contributed by atoms with E-state index in [2.05, 4.69) is 4.74 Å². The highest BCUT2D eigenvalue weighted by molar-refractivity contribution is 6.31. The second-order valence-corrected chi connectivity index (χ2v) is 4.37. The lowest BCUT2D eigenvalue weighted by Crippen LogP contribution is -2.38. The fraction of sp³-hybridized carbons (Fsp3) is 0.417. The monoisotopic (exact) mass is 242 g/mol. The summed E-state index contributed by atoms with van der Waals surface area (Å²) in [5.74, 6) is -0.646. The third-order valence-electron chi connectivity index (χ3n) is 2.54. The van der Waals surface area contributed by atoms with Crippen molar-refractivity contribution in [2.45, 2.75) is 25.9 Å². The van der Waals surface area contributed by atoms with Crippen molar-refractivity contribution in [3.8, 4) is 0 Å². The molecule has 0 spiro atoms. The van der Waals surface area contributed by atoms with Gasteiger partial charge in [-0.2, -0.15) is 0 Å². The van der Waals surface area contributed by atoms with Gasteiger partial charge in [0.1, 0.15) is 0 Å². The van der Waals surface area contributed by atoms with E-state index in [0.717, 1.165) is 11.1 Å². The molecule has 0 saturated carbocycles. The summed E-state index contributed by atoms with van der Waals surface area (Å²) in [5.41, 5.74) is 0.181.